The van der Waals surface area contributed by atoms with E-state index in [1.807, 2.05) is 30.5 Å². The molecule has 0 saturated carbocycles. The van der Waals surface area contributed by atoms with Gasteiger partial charge in [0.2, 0.25) is 0 Å². The molecule has 0 amide bonds. The molecule has 1 aromatic carbocycles. The van der Waals surface area contributed by atoms with E-state index >= 15 is 0 Å². The first-order chi connectivity index (χ1) is 9.76. The fraction of sp³-hybridized carbons (Fsp3) is 0.312. The number of nitrogens with zero attached hydrogens (tertiary/aromatic N) is 1. The summed E-state index contributed by atoms with van der Waals surface area (Å²) in [6.07, 6.45) is 5.32. The molecule has 1 atom stereocenters. The molecule has 106 valence electrons. The van der Waals surface area contributed by atoms with Gasteiger partial charge in [0, 0.05) is 18.4 Å². The number of hydrogen-bond acceptors (Lipinski definition) is 4. The van der Waals surface area contributed by atoms with Gasteiger partial charge >= 0.3 is 0 Å². The zero-order chi connectivity index (χ0) is 14.4. The van der Waals surface area contributed by atoms with Gasteiger partial charge in [0.25, 0.3) is 0 Å². The minimum atomic E-state index is -0.138. The molecule has 0 aliphatic carbocycles. The van der Waals surface area contributed by atoms with Gasteiger partial charge in [-0.1, -0.05) is 12.1 Å². The average molecular weight is 272 g/mol. The van der Waals surface area contributed by atoms with Crippen LogP contribution in [0.5, 0.6) is 11.5 Å². The first kappa shape index (κ1) is 14.3. The maximum atomic E-state index is 6.32. The van der Waals surface area contributed by atoms with Crippen molar-refractivity contribution in [3.63, 3.8) is 0 Å². The summed E-state index contributed by atoms with van der Waals surface area (Å²) in [5.74, 6) is 1.53. The van der Waals surface area contributed by atoms with Gasteiger partial charge in [-0.15, -0.1) is 0 Å². The molecular weight excluding hydrogens is 252 g/mol. The lowest BCUT2D eigenvalue weighted by atomic mass is 9.98. The molecule has 2 rings (SSSR count). The summed E-state index contributed by atoms with van der Waals surface area (Å²) in [6, 6.07) is 9.56. The molecule has 1 aromatic heterocycles. The molecule has 0 bridgehead atoms. The maximum Gasteiger partial charge on any atom is 0.127 e. The third kappa shape index (κ3) is 3.27. The van der Waals surface area contributed by atoms with E-state index in [4.69, 9.17) is 15.2 Å². The van der Waals surface area contributed by atoms with E-state index in [9.17, 15) is 0 Å². The fourth-order valence-corrected chi connectivity index (χ4v) is 2.26. The van der Waals surface area contributed by atoms with Crippen LogP contribution in [-0.2, 0) is 6.42 Å². The van der Waals surface area contributed by atoms with Gasteiger partial charge < -0.3 is 15.2 Å². The van der Waals surface area contributed by atoms with Gasteiger partial charge in [-0.2, -0.15) is 0 Å². The van der Waals surface area contributed by atoms with Crippen molar-refractivity contribution in [3.05, 3.63) is 53.9 Å². The van der Waals surface area contributed by atoms with Crippen LogP contribution in [0.3, 0.4) is 0 Å². The number of aromatic nitrogens is 1. The third-order valence-electron chi connectivity index (χ3n) is 3.30. The highest BCUT2D eigenvalue weighted by molar-refractivity contribution is 5.46. The number of aryl methyl sites for hydroxylation is 1. The molecule has 0 saturated heterocycles. The van der Waals surface area contributed by atoms with Gasteiger partial charge in [0.1, 0.15) is 11.5 Å². The number of methoxy groups -OCH3 is 2. The quantitative estimate of drug-likeness (QED) is 0.878. The van der Waals surface area contributed by atoms with Crippen LogP contribution in [0.15, 0.2) is 42.7 Å². The second-order valence-corrected chi connectivity index (χ2v) is 4.58. The lowest BCUT2D eigenvalue weighted by Crippen LogP contribution is -2.14. The van der Waals surface area contributed by atoms with Gasteiger partial charge in [-0.25, -0.2) is 0 Å². The minimum Gasteiger partial charge on any atom is -0.496 e. The highest BCUT2D eigenvalue weighted by atomic mass is 16.5. The molecule has 1 unspecified atom stereocenters. The van der Waals surface area contributed by atoms with Crippen LogP contribution in [0.25, 0.3) is 0 Å². The fourth-order valence-electron chi connectivity index (χ4n) is 2.26. The van der Waals surface area contributed by atoms with Crippen molar-refractivity contribution in [2.75, 3.05) is 14.2 Å². The topological polar surface area (TPSA) is 57.4 Å². The van der Waals surface area contributed by atoms with Crippen LogP contribution in [0, 0.1) is 0 Å². The van der Waals surface area contributed by atoms with Crippen molar-refractivity contribution in [3.8, 4) is 11.5 Å². The molecule has 0 fully saturated rings. The van der Waals surface area contributed by atoms with Crippen molar-refractivity contribution in [2.45, 2.75) is 18.9 Å². The van der Waals surface area contributed by atoms with Crippen LogP contribution >= 0.6 is 0 Å². The smallest absolute Gasteiger partial charge is 0.127 e. The summed E-state index contributed by atoms with van der Waals surface area (Å²) in [7, 11) is 3.29. The Morgan fingerprint density at radius 1 is 1.10 bits per heavy atom. The van der Waals surface area contributed by atoms with E-state index in [0.29, 0.717) is 0 Å². The summed E-state index contributed by atoms with van der Waals surface area (Å²) in [4.78, 5) is 4.11. The molecule has 1 heterocycles. The van der Waals surface area contributed by atoms with E-state index < -0.39 is 0 Å². The Morgan fingerprint density at radius 2 is 1.80 bits per heavy atom. The predicted molar refractivity (Wildman–Crippen MR) is 79.0 cm³/mol. The maximum absolute atomic E-state index is 6.32. The Labute approximate surface area is 119 Å². The Kier molecular flexibility index (Phi) is 4.96. The van der Waals surface area contributed by atoms with E-state index in [-0.39, 0.29) is 6.04 Å². The number of hydrogen-bond donors (Lipinski definition) is 1. The summed E-state index contributed by atoms with van der Waals surface area (Å²) >= 11 is 0. The SMILES string of the molecule is COc1cccc(OC)c1C(N)CCc1cccnc1. The Hall–Kier alpha value is -2.07. The number of rotatable bonds is 6. The molecule has 2 N–H and O–H groups in total. The molecule has 2 aromatic rings. The monoisotopic (exact) mass is 272 g/mol. The van der Waals surface area contributed by atoms with Gasteiger partial charge in [0.15, 0.2) is 0 Å². The zero-order valence-electron chi connectivity index (χ0n) is 11.9. The number of pyridine rings is 1. The lowest BCUT2D eigenvalue weighted by Gasteiger charge is -2.18. The van der Waals surface area contributed by atoms with Gasteiger partial charge in [-0.05, 0) is 36.6 Å². The third-order valence-corrected chi connectivity index (χ3v) is 3.30. The van der Waals surface area contributed by atoms with Crippen molar-refractivity contribution in [1.29, 1.82) is 0 Å². The number of ether oxygens (including phenoxy) is 2. The van der Waals surface area contributed by atoms with Crippen molar-refractivity contribution in [2.24, 2.45) is 5.73 Å². The number of nitrogens with two attached hydrogens (primary N) is 1. The summed E-state index contributed by atoms with van der Waals surface area (Å²) in [5, 5.41) is 0. The minimum absolute atomic E-state index is 0.138. The largest absolute Gasteiger partial charge is 0.496 e. The van der Waals surface area contributed by atoms with E-state index in [1.165, 1.54) is 5.56 Å². The predicted octanol–water partition coefficient (Wildman–Crippen LogP) is 2.73. The van der Waals surface area contributed by atoms with Crippen LogP contribution < -0.4 is 15.2 Å². The molecule has 0 radical (unpaired) electrons. The van der Waals surface area contributed by atoms with E-state index in [2.05, 4.69) is 11.1 Å². The second-order valence-electron chi connectivity index (χ2n) is 4.58. The average Bonchev–Trinajstić information content (AvgIpc) is 2.52. The Bertz CT molecular complexity index is 521. The molecule has 0 spiro atoms. The molecule has 0 aliphatic rings. The highest BCUT2D eigenvalue weighted by Gasteiger charge is 2.17. The van der Waals surface area contributed by atoms with Crippen molar-refractivity contribution >= 4 is 0 Å². The molecular formula is C16H20N2O2. The van der Waals surface area contributed by atoms with Crippen LogP contribution in [-0.4, -0.2) is 19.2 Å². The van der Waals surface area contributed by atoms with Crippen LogP contribution in [0.1, 0.15) is 23.6 Å². The standard InChI is InChI=1S/C16H20N2O2/c1-19-14-6-3-7-15(20-2)16(14)13(17)9-8-12-5-4-10-18-11-12/h3-7,10-11,13H,8-9,17H2,1-2H3. The van der Waals surface area contributed by atoms with Crippen molar-refractivity contribution < 1.29 is 9.47 Å². The van der Waals surface area contributed by atoms with Gasteiger partial charge in [0.05, 0.1) is 19.8 Å². The Morgan fingerprint density at radius 3 is 2.35 bits per heavy atom. The van der Waals surface area contributed by atoms with E-state index in [0.717, 1.165) is 29.9 Å². The normalized spacial score (nSPS) is 11.9. The van der Waals surface area contributed by atoms with Gasteiger partial charge in [-0.3, -0.25) is 4.98 Å². The van der Waals surface area contributed by atoms with Crippen LogP contribution in [0.2, 0.25) is 0 Å². The summed E-state index contributed by atoms with van der Waals surface area (Å²) < 4.78 is 10.8. The first-order valence-electron chi connectivity index (χ1n) is 6.61. The second kappa shape index (κ2) is 6.91. The molecule has 0 aliphatic heterocycles. The first-order valence-corrected chi connectivity index (χ1v) is 6.61. The van der Waals surface area contributed by atoms with Crippen molar-refractivity contribution in [1.82, 2.24) is 4.98 Å². The highest BCUT2D eigenvalue weighted by Crippen LogP contribution is 2.34. The Balaban J connectivity index is 2.14. The van der Waals surface area contributed by atoms with E-state index in [1.54, 1.807) is 20.4 Å². The molecule has 20 heavy (non-hydrogen) atoms. The lowest BCUT2D eigenvalue weighted by molar-refractivity contribution is 0.377. The number of benzene rings is 1. The summed E-state index contributed by atoms with van der Waals surface area (Å²) in [5.41, 5.74) is 8.41. The van der Waals surface area contributed by atoms with Crippen LogP contribution in [0.4, 0.5) is 0 Å². The summed E-state index contributed by atoms with van der Waals surface area (Å²) in [6.45, 7) is 0. The molecule has 4 nitrogen and oxygen atoms in total. The zero-order valence-corrected chi connectivity index (χ0v) is 11.9. The molecule has 4 heteroatoms.